The smallest absolute Gasteiger partial charge is 0.282 e. The monoisotopic (exact) mass is 396 g/mol. The van der Waals surface area contributed by atoms with Gasteiger partial charge in [0, 0.05) is 32.2 Å². The van der Waals surface area contributed by atoms with E-state index in [4.69, 9.17) is 4.98 Å². The van der Waals surface area contributed by atoms with Gasteiger partial charge < -0.3 is 9.80 Å². The van der Waals surface area contributed by atoms with E-state index in [0.29, 0.717) is 26.2 Å². The van der Waals surface area contributed by atoms with E-state index < -0.39 is 4.92 Å². The fourth-order valence-electron chi connectivity index (χ4n) is 3.40. The van der Waals surface area contributed by atoms with Gasteiger partial charge in [0.25, 0.3) is 11.6 Å². The molecule has 4 rings (SSSR count). The summed E-state index contributed by atoms with van der Waals surface area (Å²) in [4.78, 5) is 32.1. The van der Waals surface area contributed by atoms with E-state index in [1.54, 1.807) is 28.4 Å². The van der Waals surface area contributed by atoms with Gasteiger partial charge in [-0.05, 0) is 30.2 Å². The van der Waals surface area contributed by atoms with Gasteiger partial charge in [0.2, 0.25) is 0 Å². The van der Waals surface area contributed by atoms with Crippen LogP contribution in [0.2, 0.25) is 0 Å². The third kappa shape index (κ3) is 3.43. The van der Waals surface area contributed by atoms with Crippen LogP contribution in [0.5, 0.6) is 0 Å². The van der Waals surface area contributed by atoms with Gasteiger partial charge in [-0.3, -0.25) is 14.9 Å². The molecular weight excluding hydrogens is 376 g/mol. The minimum atomic E-state index is -0.505. The molecule has 1 aliphatic heterocycles. The molecule has 0 spiro atoms. The Kier molecular flexibility index (Phi) is 4.95. The lowest BCUT2D eigenvalue weighted by atomic mass is 10.1. The van der Waals surface area contributed by atoms with Crippen LogP contribution in [0.4, 0.5) is 10.8 Å². The number of benzene rings is 2. The summed E-state index contributed by atoms with van der Waals surface area (Å²) >= 11 is 1.67. The maximum atomic E-state index is 12.8. The minimum Gasteiger partial charge on any atom is -0.345 e. The van der Waals surface area contributed by atoms with Crippen LogP contribution in [0.25, 0.3) is 10.2 Å². The number of hydrogen-bond donors (Lipinski definition) is 0. The Balaban J connectivity index is 1.48. The SMILES string of the molecule is CCc1ccc2nc(N3CCN(C(=O)c4ccccc4[N+](=O)[O-])CC3)sc2c1. The molecule has 2 aromatic carbocycles. The van der Waals surface area contributed by atoms with Crippen molar-refractivity contribution in [2.75, 3.05) is 31.1 Å². The van der Waals surface area contributed by atoms with Gasteiger partial charge in [0.1, 0.15) is 5.56 Å². The number of piperazine rings is 1. The second-order valence-corrected chi connectivity index (χ2v) is 7.71. The molecule has 7 nitrogen and oxygen atoms in total. The van der Waals surface area contributed by atoms with Gasteiger partial charge in [0.15, 0.2) is 5.13 Å². The Hall–Kier alpha value is -3.00. The molecule has 1 aromatic heterocycles. The van der Waals surface area contributed by atoms with Crippen molar-refractivity contribution in [1.82, 2.24) is 9.88 Å². The quantitative estimate of drug-likeness (QED) is 0.496. The molecule has 1 saturated heterocycles. The first-order chi connectivity index (χ1) is 13.6. The summed E-state index contributed by atoms with van der Waals surface area (Å²) in [6.45, 7) is 4.48. The van der Waals surface area contributed by atoms with E-state index in [1.807, 2.05) is 0 Å². The number of nitro groups is 1. The highest BCUT2D eigenvalue weighted by atomic mass is 32.1. The van der Waals surface area contributed by atoms with Crippen molar-refractivity contribution >= 4 is 38.3 Å². The Bertz CT molecular complexity index is 1040. The number of anilines is 1. The molecule has 8 heteroatoms. The van der Waals surface area contributed by atoms with E-state index in [2.05, 4.69) is 30.0 Å². The predicted octanol–water partition coefficient (Wildman–Crippen LogP) is 3.73. The molecule has 0 radical (unpaired) electrons. The van der Waals surface area contributed by atoms with Gasteiger partial charge >= 0.3 is 0 Å². The molecule has 144 valence electrons. The molecule has 0 atom stereocenters. The standard InChI is InChI=1S/C20H20N4O3S/c1-2-14-7-8-16-18(13-14)28-20(21-16)23-11-9-22(10-12-23)19(25)15-5-3-4-6-17(15)24(26)27/h3-8,13H,2,9-12H2,1H3. The van der Waals surface area contributed by atoms with Gasteiger partial charge in [-0.25, -0.2) is 4.98 Å². The number of carbonyl (C=O) groups is 1. The van der Waals surface area contributed by atoms with Gasteiger partial charge in [-0.1, -0.05) is 36.5 Å². The van der Waals surface area contributed by atoms with Crippen LogP contribution in [-0.4, -0.2) is 46.9 Å². The number of aromatic nitrogens is 1. The van der Waals surface area contributed by atoms with Gasteiger partial charge in [0.05, 0.1) is 15.1 Å². The van der Waals surface area contributed by atoms with Crippen molar-refractivity contribution in [2.45, 2.75) is 13.3 Å². The molecule has 1 aliphatic rings. The average molecular weight is 396 g/mol. The van der Waals surface area contributed by atoms with Crippen LogP contribution >= 0.6 is 11.3 Å². The third-order valence-corrected chi connectivity index (χ3v) is 6.10. The Labute approximate surface area is 166 Å². The number of thiazole rings is 1. The molecular formula is C20H20N4O3S. The van der Waals surface area contributed by atoms with Crippen LogP contribution in [0.1, 0.15) is 22.8 Å². The zero-order chi connectivity index (χ0) is 19.7. The summed E-state index contributed by atoms with van der Waals surface area (Å²) in [6.07, 6.45) is 0.996. The lowest BCUT2D eigenvalue weighted by Crippen LogP contribution is -2.48. The number of fused-ring (bicyclic) bond motifs is 1. The highest BCUT2D eigenvalue weighted by Gasteiger charge is 2.28. The second-order valence-electron chi connectivity index (χ2n) is 6.71. The molecule has 0 aliphatic carbocycles. The lowest BCUT2D eigenvalue weighted by Gasteiger charge is -2.34. The Morgan fingerprint density at radius 3 is 2.64 bits per heavy atom. The van der Waals surface area contributed by atoms with Gasteiger partial charge in [-0.2, -0.15) is 0 Å². The second kappa shape index (κ2) is 7.55. The number of amides is 1. The normalized spacial score (nSPS) is 14.5. The zero-order valence-electron chi connectivity index (χ0n) is 15.5. The maximum absolute atomic E-state index is 12.8. The maximum Gasteiger partial charge on any atom is 0.282 e. The number of para-hydroxylation sites is 1. The lowest BCUT2D eigenvalue weighted by molar-refractivity contribution is -0.385. The van der Waals surface area contributed by atoms with Crippen molar-refractivity contribution in [2.24, 2.45) is 0 Å². The Morgan fingerprint density at radius 2 is 1.93 bits per heavy atom. The van der Waals surface area contributed by atoms with Crippen molar-refractivity contribution in [3.05, 3.63) is 63.7 Å². The van der Waals surface area contributed by atoms with Crippen molar-refractivity contribution in [3.63, 3.8) is 0 Å². The number of aryl methyl sites for hydroxylation is 1. The molecule has 0 N–H and O–H groups in total. The first-order valence-electron chi connectivity index (χ1n) is 9.24. The number of rotatable bonds is 4. The molecule has 1 fully saturated rings. The summed E-state index contributed by atoms with van der Waals surface area (Å²) < 4.78 is 1.17. The van der Waals surface area contributed by atoms with Crippen LogP contribution < -0.4 is 4.90 Å². The number of hydrogen-bond acceptors (Lipinski definition) is 6. The van der Waals surface area contributed by atoms with Crippen LogP contribution in [-0.2, 0) is 6.42 Å². The van der Waals surface area contributed by atoms with E-state index in [-0.39, 0.29) is 17.2 Å². The number of nitro benzene ring substituents is 1. The fraction of sp³-hybridized carbons (Fsp3) is 0.300. The number of carbonyl (C=O) groups excluding carboxylic acids is 1. The summed E-state index contributed by atoms with van der Waals surface area (Å²) in [6, 6.07) is 12.5. The number of nitrogens with zero attached hydrogens (tertiary/aromatic N) is 4. The molecule has 2 heterocycles. The van der Waals surface area contributed by atoms with E-state index in [1.165, 1.54) is 22.4 Å². The first kappa shape index (κ1) is 18.4. The fourth-order valence-corrected chi connectivity index (χ4v) is 4.48. The summed E-state index contributed by atoms with van der Waals surface area (Å²) in [5.41, 5.74) is 2.29. The molecule has 28 heavy (non-hydrogen) atoms. The molecule has 0 saturated carbocycles. The summed E-state index contributed by atoms with van der Waals surface area (Å²) in [5, 5.41) is 12.2. The van der Waals surface area contributed by atoms with Crippen LogP contribution in [0.15, 0.2) is 42.5 Å². The molecule has 3 aromatic rings. The largest absolute Gasteiger partial charge is 0.345 e. The predicted molar refractivity (Wildman–Crippen MR) is 110 cm³/mol. The summed E-state index contributed by atoms with van der Waals surface area (Å²) in [5.74, 6) is -0.288. The topological polar surface area (TPSA) is 79.6 Å². The van der Waals surface area contributed by atoms with Crippen molar-refractivity contribution in [1.29, 1.82) is 0 Å². The third-order valence-electron chi connectivity index (χ3n) is 5.02. The highest BCUT2D eigenvalue weighted by Crippen LogP contribution is 2.30. The molecule has 1 amide bonds. The van der Waals surface area contributed by atoms with Gasteiger partial charge in [-0.15, -0.1) is 0 Å². The van der Waals surface area contributed by atoms with Crippen molar-refractivity contribution < 1.29 is 9.72 Å². The molecule has 0 bridgehead atoms. The van der Waals surface area contributed by atoms with E-state index in [9.17, 15) is 14.9 Å². The first-order valence-corrected chi connectivity index (χ1v) is 10.1. The van der Waals surface area contributed by atoms with Crippen molar-refractivity contribution in [3.8, 4) is 0 Å². The van der Waals surface area contributed by atoms with Crippen LogP contribution in [0.3, 0.4) is 0 Å². The minimum absolute atomic E-state index is 0.146. The Morgan fingerprint density at radius 1 is 1.18 bits per heavy atom. The zero-order valence-corrected chi connectivity index (χ0v) is 16.3. The highest BCUT2D eigenvalue weighted by molar-refractivity contribution is 7.22. The summed E-state index contributed by atoms with van der Waals surface area (Å²) in [7, 11) is 0. The molecule has 0 unspecified atom stereocenters. The van der Waals surface area contributed by atoms with E-state index >= 15 is 0 Å². The van der Waals surface area contributed by atoms with Crippen LogP contribution in [0, 0.1) is 10.1 Å². The average Bonchev–Trinajstić information content (AvgIpc) is 3.16. The van der Waals surface area contributed by atoms with E-state index in [0.717, 1.165) is 17.1 Å².